The van der Waals surface area contributed by atoms with E-state index in [0.29, 0.717) is 29.8 Å². The number of rotatable bonds is 6. The molecule has 0 unspecified atom stereocenters. The van der Waals surface area contributed by atoms with Gasteiger partial charge in [0.05, 0.1) is 11.9 Å². The molecule has 1 aromatic rings. The molecule has 5 nitrogen and oxygen atoms in total. The van der Waals surface area contributed by atoms with Crippen LogP contribution in [0, 0.1) is 0 Å². The molecule has 16 heavy (non-hydrogen) atoms. The highest BCUT2D eigenvalue weighted by Gasteiger charge is 2.07. The summed E-state index contributed by atoms with van der Waals surface area (Å²) in [5.74, 6) is 0. The van der Waals surface area contributed by atoms with Crippen LogP contribution in [0.5, 0.6) is 0 Å². The van der Waals surface area contributed by atoms with Crippen molar-refractivity contribution in [3.05, 3.63) is 21.0 Å². The van der Waals surface area contributed by atoms with E-state index < -0.39 is 0 Å². The molecule has 0 amide bonds. The Kier molecular flexibility index (Phi) is 5.48. The highest BCUT2D eigenvalue weighted by molar-refractivity contribution is 9.10. The third-order valence-corrected chi connectivity index (χ3v) is 2.93. The van der Waals surface area contributed by atoms with E-state index in [-0.39, 0.29) is 5.56 Å². The van der Waals surface area contributed by atoms with Crippen molar-refractivity contribution < 1.29 is 0 Å². The van der Waals surface area contributed by atoms with Gasteiger partial charge in [-0.15, -0.1) is 0 Å². The first kappa shape index (κ1) is 13.2. The predicted molar refractivity (Wildman–Crippen MR) is 68.6 cm³/mol. The Morgan fingerprint density at radius 1 is 1.62 bits per heavy atom. The third kappa shape index (κ3) is 3.31. The van der Waals surface area contributed by atoms with E-state index in [4.69, 9.17) is 5.73 Å². The van der Waals surface area contributed by atoms with Crippen LogP contribution in [0.3, 0.4) is 0 Å². The molecule has 0 atom stereocenters. The van der Waals surface area contributed by atoms with E-state index in [1.807, 2.05) is 0 Å². The normalized spacial score (nSPS) is 10.4. The summed E-state index contributed by atoms with van der Waals surface area (Å²) in [6.45, 7) is 3.88. The van der Waals surface area contributed by atoms with Gasteiger partial charge in [-0.05, 0) is 22.4 Å². The van der Waals surface area contributed by atoms with Crippen molar-refractivity contribution in [1.82, 2.24) is 9.78 Å². The lowest BCUT2D eigenvalue weighted by Gasteiger charge is -2.09. The molecule has 0 radical (unpaired) electrons. The number of aromatic nitrogens is 2. The number of nitrogens with one attached hydrogen (secondary N) is 1. The molecule has 0 aromatic carbocycles. The van der Waals surface area contributed by atoms with E-state index >= 15 is 0 Å². The summed E-state index contributed by atoms with van der Waals surface area (Å²) in [5.41, 5.74) is 5.97. The molecule has 6 heteroatoms. The molecule has 0 saturated carbocycles. The van der Waals surface area contributed by atoms with Crippen LogP contribution in [0.1, 0.15) is 19.8 Å². The predicted octanol–water partition coefficient (Wildman–Crippen LogP) is 1.18. The Hall–Kier alpha value is -0.880. The van der Waals surface area contributed by atoms with Gasteiger partial charge < -0.3 is 11.1 Å². The topological polar surface area (TPSA) is 72.9 Å². The van der Waals surface area contributed by atoms with Crippen LogP contribution >= 0.6 is 15.9 Å². The van der Waals surface area contributed by atoms with Crippen molar-refractivity contribution in [3.8, 4) is 0 Å². The molecule has 0 bridgehead atoms. The first-order valence-electron chi connectivity index (χ1n) is 5.40. The van der Waals surface area contributed by atoms with Crippen LogP contribution in [-0.2, 0) is 6.54 Å². The molecule has 0 aliphatic rings. The quantitative estimate of drug-likeness (QED) is 0.824. The summed E-state index contributed by atoms with van der Waals surface area (Å²) in [6.07, 6.45) is 3.64. The zero-order valence-corrected chi connectivity index (χ0v) is 11.0. The Labute approximate surface area is 103 Å². The van der Waals surface area contributed by atoms with Crippen LogP contribution in [0.4, 0.5) is 5.69 Å². The van der Waals surface area contributed by atoms with Gasteiger partial charge in [0.2, 0.25) is 0 Å². The maximum Gasteiger partial charge on any atom is 0.283 e. The number of anilines is 1. The minimum Gasteiger partial charge on any atom is -0.381 e. The van der Waals surface area contributed by atoms with Gasteiger partial charge in [-0.1, -0.05) is 13.3 Å². The van der Waals surface area contributed by atoms with Crippen LogP contribution < -0.4 is 16.6 Å². The largest absolute Gasteiger partial charge is 0.381 e. The van der Waals surface area contributed by atoms with Gasteiger partial charge in [-0.3, -0.25) is 4.79 Å². The van der Waals surface area contributed by atoms with Crippen LogP contribution in [-0.4, -0.2) is 22.9 Å². The first-order chi connectivity index (χ1) is 7.70. The maximum absolute atomic E-state index is 11.8. The highest BCUT2D eigenvalue weighted by atomic mass is 79.9. The highest BCUT2D eigenvalue weighted by Crippen LogP contribution is 2.15. The standard InChI is InChI=1S/C10H17BrN4O/c1-2-3-6-15-10(16)9(11)8(7-14-15)13-5-4-12/h7,13H,2-6,12H2,1H3. The van der Waals surface area contributed by atoms with Gasteiger partial charge in [0, 0.05) is 19.6 Å². The number of aryl methyl sites for hydroxylation is 1. The number of nitrogens with two attached hydrogens (primary N) is 1. The van der Waals surface area contributed by atoms with E-state index in [9.17, 15) is 4.79 Å². The Morgan fingerprint density at radius 3 is 3.00 bits per heavy atom. The molecular weight excluding hydrogens is 272 g/mol. The van der Waals surface area contributed by atoms with Gasteiger partial charge in [-0.2, -0.15) is 5.10 Å². The molecule has 0 saturated heterocycles. The van der Waals surface area contributed by atoms with Gasteiger partial charge in [0.25, 0.3) is 5.56 Å². The second-order valence-electron chi connectivity index (χ2n) is 3.47. The fourth-order valence-corrected chi connectivity index (χ4v) is 1.71. The summed E-state index contributed by atoms with van der Waals surface area (Å²) >= 11 is 3.28. The lowest BCUT2D eigenvalue weighted by molar-refractivity contribution is 0.541. The van der Waals surface area contributed by atoms with Crippen molar-refractivity contribution >= 4 is 21.6 Å². The molecule has 0 aliphatic carbocycles. The molecule has 90 valence electrons. The fraction of sp³-hybridized carbons (Fsp3) is 0.600. The van der Waals surface area contributed by atoms with Crippen LogP contribution in [0.2, 0.25) is 0 Å². The molecule has 3 N–H and O–H groups in total. The maximum atomic E-state index is 11.8. The van der Waals surface area contributed by atoms with E-state index in [1.165, 1.54) is 4.68 Å². The van der Waals surface area contributed by atoms with Crippen molar-refractivity contribution in [2.45, 2.75) is 26.3 Å². The number of unbranched alkanes of at least 4 members (excludes halogenated alkanes) is 1. The average Bonchev–Trinajstić information content (AvgIpc) is 2.30. The smallest absolute Gasteiger partial charge is 0.283 e. The summed E-state index contributed by atoms with van der Waals surface area (Å²) in [5, 5.41) is 7.14. The molecule has 0 fully saturated rings. The van der Waals surface area contributed by atoms with E-state index in [2.05, 4.69) is 33.3 Å². The third-order valence-electron chi connectivity index (χ3n) is 2.17. The van der Waals surface area contributed by atoms with Gasteiger partial charge in [0.1, 0.15) is 4.47 Å². The SMILES string of the molecule is CCCCn1ncc(NCCN)c(Br)c1=O. The Bertz CT molecular complexity index is 391. The van der Waals surface area contributed by atoms with Crippen LogP contribution in [0.25, 0.3) is 0 Å². The molecular formula is C10H17BrN4O. The second kappa shape index (κ2) is 6.65. The monoisotopic (exact) mass is 288 g/mol. The summed E-state index contributed by atoms with van der Waals surface area (Å²) in [7, 11) is 0. The summed E-state index contributed by atoms with van der Waals surface area (Å²) in [4.78, 5) is 11.8. The summed E-state index contributed by atoms with van der Waals surface area (Å²) in [6, 6.07) is 0. The Morgan fingerprint density at radius 2 is 2.38 bits per heavy atom. The lowest BCUT2D eigenvalue weighted by Crippen LogP contribution is -2.25. The zero-order chi connectivity index (χ0) is 12.0. The molecule has 0 spiro atoms. The molecule has 0 aliphatic heterocycles. The molecule has 1 heterocycles. The number of nitrogens with zero attached hydrogens (tertiary/aromatic N) is 2. The first-order valence-corrected chi connectivity index (χ1v) is 6.19. The van der Waals surface area contributed by atoms with Crippen molar-refractivity contribution in [3.63, 3.8) is 0 Å². The van der Waals surface area contributed by atoms with Crippen molar-refractivity contribution in [2.75, 3.05) is 18.4 Å². The minimum absolute atomic E-state index is 0.101. The zero-order valence-electron chi connectivity index (χ0n) is 9.37. The van der Waals surface area contributed by atoms with Gasteiger partial charge in [-0.25, -0.2) is 4.68 Å². The minimum atomic E-state index is -0.101. The average molecular weight is 289 g/mol. The van der Waals surface area contributed by atoms with Crippen molar-refractivity contribution in [1.29, 1.82) is 0 Å². The van der Waals surface area contributed by atoms with Gasteiger partial charge >= 0.3 is 0 Å². The second-order valence-corrected chi connectivity index (χ2v) is 4.26. The fourth-order valence-electron chi connectivity index (χ4n) is 1.26. The van der Waals surface area contributed by atoms with Crippen molar-refractivity contribution in [2.24, 2.45) is 5.73 Å². The van der Waals surface area contributed by atoms with E-state index in [1.54, 1.807) is 6.20 Å². The number of halogens is 1. The van der Waals surface area contributed by atoms with Gasteiger partial charge in [0.15, 0.2) is 0 Å². The van der Waals surface area contributed by atoms with E-state index in [0.717, 1.165) is 12.8 Å². The molecule has 1 rings (SSSR count). The molecule has 1 aromatic heterocycles. The Balaban J connectivity index is 2.85. The number of hydrogen-bond acceptors (Lipinski definition) is 4. The lowest BCUT2D eigenvalue weighted by atomic mass is 10.3. The van der Waals surface area contributed by atoms with Crippen LogP contribution in [0.15, 0.2) is 15.5 Å². The number of hydrogen-bond donors (Lipinski definition) is 2. The summed E-state index contributed by atoms with van der Waals surface area (Å²) < 4.78 is 1.99.